The molecule has 2 aromatic rings. The van der Waals surface area contributed by atoms with E-state index in [1.807, 2.05) is 18.2 Å². The summed E-state index contributed by atoms with van der Waals surface area (Å²) in [6.07, 6.45) is 0. The third kappa shape index (κ3) is 2.04. The van der Waals surface area contributed by atoms with Crippen molar-refractivity contribution in [3.8, 4) is 0 Å². The fourth-order valence-electron chi connectivity index (χ4n) is 1.51. The second-order valence-corrected chi connectivity index (χ2v) is 5.70. The van der Waals surface area contributed by atoms with Crippen molar-refractivity contribution in [2.24, 2.45) is 0 Å². The van der Waals surface area contributed by atoms with Gasteiger partial charge >= 0.3 is 5.97 Å². The molecule has 0 N–H and O–H groups in total. The lowest BCUT2D eigenvalue weighted by Crippen LogP contribution is -2.00. The topological polar surface area (TPSA) is 26.3 Å². The van der Waals surface area contributed by atoms with Gasteiger partial charge in [0.05, 0.1) is 7.11 Å². The lowest BCUT2D eigenvalue weighted by Gasteiger charge is -1.98. The molecule has 0 spiro atoms. The lowest BCUT2D eigenvalue weighted by atomic mass is 10.1. The molecule has 1 heterocycles. The van der Waals surface area contributed by atoms with E-state index in [1.165, 1.54) is 18.4 Å². The maximum atomic E-state index is 11.6. The Morgan fingerprint density at radius 3 is 2.88 bits per heavy atom. The summed E-state index contributed by atoms with van der Waals surface area (Å²) in [6.45, 7) is 0. The Balaban J connectivity index is 2.70. The van der Waals surface area contributed by atoms with E-state index in [1.54, 1.807) is 0 Å². The van der Waals surface area contributed by atoms with E-state index in [9.17, 15) is 4.79 Å². The summed E-state index contributed by atoms with van der Waals surface area (Å²) in [6, 6.07) is 6.00. The number of esters is 1. The number of alkyl halides is 1. The van der Waals surface area contributed by atoms with Crippen LogP contribution in [0.4, 0.5) is 0 Å². The van der Waals surface area contributed by atoms with Crippen LogP contribution in [-0.4, -0.2) is 13.1 Å². The van der Waals surface area contributed by atoms with Gasteiger partial charge in [-0.3, -0.25) is 0 Å². The molecule has 84 valence electrons. The minimum atomic E-state index is -0.272. The molecular weight excluding hydrogens is 356 g/mol. The smallest absolute Gasteiger partial charge is 0.348 e. The predicted molar refractivity (Wildman–Crippen MR) is 73.5 cm³/mol. The van der Waals surface area contributed by atoms with Gasteiger partial charge < -0.3 is 4.74 Å². The van der Waals surface area contributed by atoms with Gasteiger partial charge in [-0.05, 0) is 23.1 Å². The van der Waals surface area contributed by atoms with Gasteiger partial charge in [0.2, 0.25) is 0 Å². The normalized spacial score (nSPS) is 10.7. The average Bonchev–Trinajstić information content (AvgIpc) is 2.65. The predicted octanol–water partition coefficient (Wildman–Crippen LogP) is 4.35. The molecule has 5 heteroatoms. The standard InChI is InChI=1S/C11H8Br2O2S/c1-15-11(14)10-8(5-12)7-3-2-6(13)4-9(7)16-10/h2-4H,5H2,1H3. The molecule has 16 heavy (non-hydrogen) atoms. The van der Waals surface area contributed by atoms with Crippen LogP contribution in [0.15, 0.2) is 22.7 Å². The van der Waals surface area contributed by atoms with Crippen molar-refractivity contribution in [1.82, 2.24) is 0 Å². The lowest BCUT2D eigenvalue weighted by molar-refractivity contribution is 0.0605. The molecule has 1 aromatic heterocycles. The van der Waals surface area contributed by atoms with Crippen molar-refractivity contribution in [2.45, 2.75) is 5.33 Å². The van der Waals surface area contributed by atoms with Crippen molar-refractivity contribution in [1.29, 1.82) is 0 Å². The highest BCUT2D eigenvalue weighted by atomic mass is 79.9. The van der Waals surface area contributed by atoms with Crippen LogP contribution in [0.5, 0.6) is 0 Å². The van der Waals surface area contributed by atoms with Crippen molar-refractivity contribution in [2.75, 3.05) is 7.11 Å². The SMILES string of the molecule is COC(=O)c1sc2cc(Br)ccc2c1CBr. The number of thiophene rings is 1. The molecule has 0 aliphatic heterocycles. The number of halogens is 2. The second-order valence-electron chi connectivity index (χ2n) is 3.18. The van der Waals surface area contributed by atoms with Crippen LogP contribution in [0.3, 0.4) is 0 Å². The highest BCUT2D eigenvalue weighted by Gasteiger charge is 2.17. The zero-order chi connectivity index (χ0) is 11.7. The summed E-state index contributed by atoms with van der Waals surface area (Å²) in [7, 11) is 1.40. The van der Waals surface area contributed by atoms with Crippen LogP contribution in [0.2, 0.25) is 0 Å². The molecule has 0 atom stereocenters. The Labute approximate surface area is 114 Å². The number of fused-ring (bicyclic) bond motifs is 1. The third-order valence-electron chi connectivity index (χ3n) is 2.26. The van der Waals surface area contributed by atoms with E-state index < -0.39 is 0 Å². The highest BCUT2D eigenvalue weighted by Crippen LogP contribution is 2.34. The fourth-order valence-corrected chi connectivity index (χ4v) is 3.97. The van der Waals surface area contributed by atoms with Gasteiger partial charge in [0.1, 0.15) is 4.88 Å². The molecule has 2 nitrogen and oxygen atoms in total. The first kappa shape index (κ1) is 12.1. The summed E-state index contributed by atoms with van der Waals surface area (Å²) in [5.41, 5.74) is 0.999. The Bertz CT molecular complexity index is 548. The summed E-state index contributed by atoms with van der Waals surface area (Å²) in [4.78, 5) is 12.3. The van der Waals surface area contributed by atoms with E-state index in [0.717, 1.165) is 20.1 Å². The van der Waals surface area contributed by atoms with Crippen molar-refractivity contribution >= 4 is 59.3 Å². The zero-order valence-corrected chi connectivity index (χ0v) is 12.4. The molecule has 1 aromatic carbocycles. The Morgan fingerprint density at radius 1 is 1.50 bits per heavy atom. The average molecular weight is 364 g/mol. The summed E-state index contributed by atoms with van der Waals surface area (Å²) >= 11 is 8.29. The molecule has 0 radical (unpaired) electrons. The van der Waals surface area contributed by atoms with E-state index in [4.69, 9.17) is 4.74 Å². The van der Waals surface area contributed by atoms with Gasteiger partial charge in [0.15, 0.2) is 0 Å². The Hall–Kier alpha value is -0.390. The molecule has 0 saturated carbocycles. The summed E-state index contributed by atoms with van der Waals surface area (Å²) in [5, 5.41) is 1.75. The highest BCUT2D eigenvalue weighted by molar-refractivity contribution is 9.10. The molecular formula is C11H8Br2O2S. The number of hydrogen-bond donors (Lipinski definition) is 0. The first-order chi connectivity index (χ1) is 7.67. The first-order valence-corrected chi connectivity index (χ1v) is 7.25. The van der Waals surface area contributed by atoms with Crippen LogP contribution in [0, 0.1) is 0 Å². The van der Waals surface area contributed by atoms with Gasteiger partial charge in [0, 0.05) is 14.5 Å². The van der Waals surface area contributed by atoms with E-state index >= 15 is 0 Å². The second kappa shape index (κ2) is 4.85. The molecule has 2 rings (SSSR count). The van der Waals surface area contributed by atoms with Crippen LogP contribution in [-0.2, 0) is 10.1 Å². The first-order valence-electron chi connectivity index (χ1n) is 4.52. The number of ether oxygens (including phenoxy) is 1. The van der Waals surface area contributed by atoms with Crippen molar-refractivity contribution in [3.63, 3.8) is 0 Å². The monoisotopic (exact) mass is 362 g/mol. The van der Waals surface area contributed by atoms with Crippen LogP contribution in [0.1, 0.15) is 15.2 Å². The minimum Gasteiger partial charge on any atom is -0.465 e. The molecule has 0 bridgehead atoms. The number of benzene rings is 1. The largest absolute Gasteiger partial charge is 0.465 e. The maximum Gasteiger partial charge on any atom is 0.348 e. The molecule has 0 unspecified atom stereocenters. The van der Waals surface area contributed by atoms with Gasteiger partial charge in [-0.1, -0.05) is 37.9 Å². The molecule has 0 fully saturated rings. The van der Waals surface area contributed by atoms with Crippen molar-refractivity contribution < 1.29 is 9.53 Å². The number of methoxy groups -OCH3 is 1. The molecule has 0 saturated heterocycles. The van der Waals surface area contributed by atoms with Crippen LogP contribution in [0.25, 0.3) is 10.1 Å². The Kier molecular flexibility index (Phi) is 3.66. The number of carbonyl (C=O) groups is 1. The molecule has 0 aliphatic rings. The van der Waals surface area contributed by atoms with E-state index in [2.05, 4.69) is 31.9 Å². The minimum absolute atomic E-state index is 0.272. The zero-order valence-electron chi connectivity index (χ0n) is 8.42. The van der Waals surface area contributed by atoms with Gasteiger partial charge in [-0.15, -0.1) is 11.3 Å². The molecule has 0 aliphatic carbocycles. The van der Waals surface area contributed by atoms with Gasteiger partial charge in [-0.25, -0.2) is 4.79 Å². The van der Waals surface area contributed by atoms with Gasteiger partial charge in [-0.2, -0.15) is 0 Å². The quantitative estimate of drug-likeness (QED) is 0.585. The third-order valence-corrected chi connectivity index (χ3v) is 4.49. The van der Waals surface area contributed by atoms with Crippen LogP contribution < -0.4 is 0 Å². The summed E-state index contributed by atoms with van der Waals surface area (Å²) in [5.74, 6) is -0.272. The maximum absolute atomic E-state index is 11.6. The number of hydrogen-bond acceptors (Lipinski definition) is 3. The van der Waals surface area contributed by atoms with E-state index in [-0.39, 0.29) is 5.97 Å². The fraction of sp³-hybridized carbons (Fsp3) is 0.182. The van der Waals surface area contributed by atoms with Crippen molar-refractivity contribution in [3.05, 3.63) is 33.1 Å². The van der Waals surface area contributed by atoms with Crippen LogP contribution >= 0.6 is 43.2 Å². The van der Waals surface area contributed by atoms with E-state index in [0.29, 0.717) is 10.2 Å². The van der Waals surface area contributed by atoms with Gasteiger partial charge in [0.25, 0.3) is 0 Å². The Morgan fingerprint density at radius 2 is 2.25 bits per heavy atom. The molecule has 0 amide bonds. The summed E-state index contributed by atoms with van der Waals surface area (Å²) < 4.78 is 6.88. The number of rotatable bonds is 2. The number of carbonyl (C=O) groups excluding carboxylic acids is 1.